The molecule has 4 aromatic rings. The molecule has 0 aliphatic rings. The summed E-state index contributed by atoms with van der Waals surface area (Å²) in [5.74, 6) is 0.886. The van der Waals surface area contributed by atoms with Crippen molar-refractivity contribution >= 4 is 23.2 Å². The van der Waals surface area contributed by atoms with E-state index in [2.05, 4.69) is 20.3 Å². The molecule has 0 amide bonds. The van der Waals surface area contributed by atoms with Crippen molar-refractivity contribution in [1.29, 1.82) is 0 Å². The summed E-state index contributed by atoms with van der Waals surface area (Å²) in [7, 11) is 1.38. The second-order valence-corrected chi connectivity index (χ2v) is 7.46. The second kappa shape index (κ2) is 9.63. The van der Waals surface area contributed by atoms with Crippen molar-refractivity contribution in [3.63, 3.8) is 0 Å². The predicted molar refractivity (Wildman–Crippen MR) is 122 cm³/mol. The quantitative estimate of drug-likeness (QED) is 0.425. The third kappa shape index (κ3) is 5.25. The zero-order valence-electron chi connectivity index (χ0n) is 17.5. The van der Waals surface area contributed by atoms with Gasteiger partial charge in [-0.25, -0.2) is 19.1 Å². The third-order valence-corrected chi connectivity index (χ3v) is 4.94. The van der Waals surface area contributed by atoms with E-state index in [4.69, 9.17) is 21.4 Å². The van der Waals surface area contributed by atoms with Crippen LogP contribution in [0, 0.1) is 0 Å². The van der Waals surface area contributed by atoms with E-state index >= 15 is 0 Å². The van der Waals surface area contributed by atoms with Crippen molar-refractivity contribution in [2.75, 3.05) is 5.32 Å². The SMILES string of the molecule is Cn1c(=O)nc(Nc2ccc(Oc3cnc(CO)cn3)cc2)n(Cc2ccc(Cl)cc2)c1=O. The van der Waals surface area contributed by atoms with Gasteiger partial charge in [-0.3, -0.25) is 9.55 Å². The van der Waals surface area contributed by atoms with Crippen LogP contribution in [-0.2, 0) is 20.2 Å². The minimum Gasteiger partial charge on any atom is -0.438 e. The molecule has 4 rings (SSSR count). The number of anilines is 2. The molecular formula is C22H19ClN6O4. The van der Waals surface area contributed by atoms with Gasteiger partial charge in [-0.15, -0.1) is 0 Å². The van der Waals surface area contributed by atoms with Gasteiger partial charge in [0.1, 0.15) is 5.75 Å². The lowest BCUT2D eigenvalue weighted by Gasteiger charge is -2.14. The molecule has 0 saturated carbocycles. The van der Waals surface area contributed by atoms with Crippen LogP contribution in [0.1, 0.15) is 11.3 Å². The molecule has 0 spiro atoms. The molecule has 0 saturated heterocycles. The van der Waals surface area contributed by atoms with Gasteiger partial charge in [-0.05, 0) is 42.0 Å². The number of nitrogens with zero attached hydrogens (tertiary/aromatic N) is 5. The van der Waals surface area contributed by atoms with Crippen LogP contribution in [-0.4, -0.2) is 29.2 Å². The summed E-state index contributed by atoms with van der Waals surface area (Å²) in [5.41, 5.74) is 0.682. The smallest absolute Gasteiger partial charge is 0.354 e. The second-order valence-electron chi connectivity index (χ2n) is 7.03. The van der Waals surface area contributed by atoms with Crippen LogP contribution in [0.5, 0.6) is 11.6 Å². The maximum absolute atomic E-state index is 12.7. The van der Waals surface area contributed by atoms with Gasteiger partial charge in [0, 0.05) is 17.8 Å². The van der Waals surface area contributed by atoms with Crippen LogP contribution in [0.2, 0.25) is 5.02 Å². The first-order valence-electron chi connectivity index (χ1n) is 9.82. The first kappa shape index (κ1) is 22.2. The van der Waals surface area contributed by atoms with Gasteiger partial charge in [0.2, 0.25) is 11.8 Å². The fourth-order valence-electron chi connectivity index (χ4n) is 2.92. The molecule has 10 nitrogen and oxygen atoms in total. The molecule has 2 aromatic heterocycles. The highest BCUT2D eigenvalue weighted by atomic mass is 35.5. The Hall–Kier alpha value is -4.02. The van der Waals surface area contributed by atoms with Crippen LogP contribution in [0.15, 0.2) is 70.5 Å². The van der Waals surface area contributed by atoms with Gasteiger partial charge in [0.15, 0.2) is 0 Å². The fourth-order valence-corrected chi connectivity index (χ4v) is 3.05. The molecular weight excluding hydrogens is 448 g/mol. The largest absolute Gasteiger partial charge is 0.438 e. The molecule has 2 N–H and O–H groups in total. The summed E-state index contributed by atoms with van der Waals surface area (Å²) in [6.07, 6.45) is 2.84. The van der Waals surface area contributed by atoms with Crippen molar-refractivity contribution in [1.82, 2.24) is 24.1 Å². The Labute approximate surface area is 192 Å². The zero-order chi connectivity index (χ0) is 23.4. The molecule has 168 valence electrons. The van der Waals surface area contributed by atoms with Gasteiger partial charge in [0.05, 0.1) is 31.2 Å². The number of aliphatic hydroxyl groups excluding tert-OH is 1. The van der Waals surface area contributed by atoms with Gasteiger partial charge in [0.25, 0.3) is 0 Å². The summed E-state index contributed by atoms with van der Waals surface area (Å²) in [4.78, 5) is 37.0. The first-order chi connectivity index (χ1) is 15.9. The highest BCUT2D eigenvalue weighted by Crippen LogP contribution is 2.22. The number of aromatic nitrogens is 5. The van der Waals surface area contributed by atoms with Crippen LogP contribution in [0.25, 0.3) is 0 Å². The third-order valence-electron chi connectivity index (χ3n) is 4.69. The molecule has 0 radical (unpaired) electrons. The lowest BCUT2D eigenvalue weighted by molar-refractivity contribution is 0.276. The van der Waals surface area contributed by atoms with E-state index in [1.807, 2.05) is 0 Å². The summed E-state index contributed by atoms with van der Waals surface area (Å²) >= 11 is 5.94. The maximum atomic E-state index is 12.7. The molecule has 11 heteroatoms. The molecule has 0 atom stereocenters. The molecule has 0 aliphatic heterocycles. The minimum absolute atomic E-state index is 0.108. The summed E-state index contributed by atoms with van der Waals surface area (Å²) in [6.45, 7) is -0.00345. The Bertz CT molecular complexity index is 1370. The molecule has 0 unspecified atom stereocenters. The number of hydrogen-bond donors (Lipinski definition) is 2. The Morgan fingerprint density at radius 2 is 1.76 bits per heavy atom. The number of ether oxygens (including phenoxy) is 1. The van der Waals surface area contributed by atoms with Gasteiger partial charge in [-0.2, -0.15) is 4.98 Å². The fraction of sp³-hybridized carbons (Fsp3) is 0.136. The van der Waals surface area contributed by atoms with Gasteiger partial charge >= 0.3 is 11.4 Å². The standard InChI is InChI=1S/C22H19ClN6O4/c1-28-21(31)27-20(29(22(28)32)12-14-2-4-15(23)5-3-14)26-16-6-8-18(9-7-16)33-19-11-24-17(13-30)10-25-19/h2-11,30H,12-13H2,1H3,(H,26,27,31). The summed E-state index contributed by atoms with van der Waals surface area (Å²) in [5, 5.41) is 12.6. The highest BCUT2D eigenvalue weighted by Gasteiger charge is 2.12. The average molecular weight is 467 g/mol. The molecule has 0 fully saturated rings. The number of aliphatic hydroxyl groups is 1. The topological polar surface area (TPSA) is 124 Å². The van der Waals surface area contributed by atoms with Crippen molar-refractivity contribution in [3.8, 4) is 11.6 Å². The van der Waals surface area contributed by atoms with E-state index in [-0.39, 0.29) is 25.0 Å². The van der Waals surface area contributed by atoms with Crippen molar-refractivity contribution in [2.45, 2.75) is 13.2 Å². The predicted octanol–water partition coefficient (Wildman–Crippen LogP) is 2.46. The lowest BCUT2D eigenvalue weighted by Crippen LogP contribution is -2.41. The van der Waals surface area contributed by atoms with E-state index in [9.17, 15) is 9.59 Å². The van der Waals surface area contributed by atoms with E-state index in [0.717, 1.165) is 10.1 Å². The van der Waals surface area contributed by atoms with E-state index < -0.39 is 11.4 Å². The van der Waals surface area contributed by atoms with Crippen molar-refractivity contribution in [3.05, 3.63) is 98.2 Å². The molecule has 33 heavy (non-hydrogen) atoms. The Balaban J connectivity index is 1.57. The van der Waals surface area contributed by atoms with E-state index in [1.54, 1.807) is 48.5 Å². The van der Waals surface area contributed by atoms with Crippen LogP contribution >= 0.6 is 11.6 Å². The lowest BCUT2D eigenvalue weighted by atomic mass is 10.2. The first-order valence-corrected chi connectivity index (χ1v) is 10.2. The maximum Gasteiger partial charge on any atom is 0.354 e. The minimum atomic E-state index is -0.667. The molecule has 2 aromatic carbocycles. The number of rotatable bonds is 7. The monoisotopic (exact) mass is 466 g/mol. The highest BCUT2D eigenvalue weighted by molar-refractivity contribution is 6.30. The van der Waals surface area contributed by atoms with E-state index in [1.165, 1.54) is 24.0 Å². The van der Waals surface area contributed by atoms with Gasteiger partial charge < -0.3 is 15.2 Å². The molecule has 2 heterocycles. The molecule has 0 aliphatic carbocycles. The Morgan fingerprint density at radius 3 is 2.39 bits per heavy atom. The van der Waals surface area contributed by atoms with Crippen molar-refractivity contribution < 1.29 is 9.84 Å². The van der Waals surface area contributed by atoms with Crippen LogP contribution in [0.3, 0.4) is 0 Å². The zero-order valence-corrected chi connectivity index (χ0v) is 18.2. The van der Waals surface area contributed by atoms with Crippen LogP contribution in [0.4, 0.5) is 11.6 Å². The van der Waals surface area contributed by atoms with Crippen LogP contribution < -0.4 is 21.4 Å². The summed E-state index contributed by atoms with van der Waals surface area (Å²) in [6, 6.07) is 13.8. The Morgan fingerprint density at radius 1 is 1.03 bits per heavy atom. The number of nitrogens with one attached hydrogen (secondary N) is 1. The Kier molecular flexibility index (Phi) is 6.48. The van der Waals surface area contributed by atoms with Gasteiger partial charge in [-0.1, -0.05) is 23.7 Å². The average Bonchev–Trinajstić information content (AvgIpc) is 2.83. The normalized spacial score (nSPS) is 10.8. The number of halogens is 1. The van der Waals surface area contributed by atoms with Crippen molar-refractivity contribution in [2.24, 2.45) is 7.05 Å². The summed E-state index contributed by atoms with van der Waals surface area (Å²) < 4.78 is 7.95. The molecule has 0 bridgehead atoms. The van der Waals surface area contributed by atoms with E-state index in [0.29, 0.717) is 22.2 Å². The number of benzene rings is 2. The number of hydrogen-bond acceptors (Lipinski definition) is 8.